The molecule has 0 aromatic heterocycles. The number of nitrogens with zero attached hydrogens (tertiary/aromatic N) is 1. The number of nitrogens with one attached hydrogen (secondary N) is 1. The van der Waals surface area contributed by atoms with Crippen molar-refractivity contribution in [3.8, 4) is 0 Å². The van der Waals surface area contributed by atoms with Gasteiger partial charge in [0.05, 0.1) is 17.6 Å². The molecule has 112 valence electrons. The fourth-order valence-corrected chi connectivity index (χ4v) is 3.51. The van der Waals surface area contributed by atoms with Crippen LogP contribution in [0.3, 0.4) is 0 Å². The number of carboxylic acid groups (broad SMARTS) is 1. The average Bonchev–Trinajstić information content (AvgIpc) is 3.25. The van der Waals surface area contributed by atoms with Gasteiger partial charge in [-0.3, -0.25) is 4.79 Å². The SMILES string of the molecule is [C-]#[N+]c1ccc([C@@H]2C[C@@]23C(=O)Nc2ccc(C(=O)O)cc23)cc1. The van der Waals surface area contributed by atoms with E-state index in [1.807, 2.05) is 12.1 Å². The van der Waals surface area contributed by atoms with Crippen molar-refractivity contribution in [2.24, 2.45) is 0 Å². The first-order valence-corrected chi connectivity index (χ1v) is 7.23. The Balaban J connectivity index is 1.76. The number of carboxylic acids is 1. The Morgan fingerprint density at radius 1 is 1.26 bits per heavy atom. The van der Waals surface area contributed by atoms with Gasteiger partial charge in [0.2, 0.25) is 5.91 Å². The van der Waals surface area contributed by atoms with E-state index in [9.17, 15) is 14.7 Å². The lowest BCUT2D eigenvalue weighted by molar-refractivity contribution is -0.118. The molecule has 0 saturated heterocycles. The van der Waals surface area contributed by atoms with Crippen LogP contribution in [0.25, 0.3) is 4.85 Å². The largest absolute Gasteiger partial charge is 0.478 e. The molecule has 0 radical (unpaired) electrons. The van der Waals surface area contributed by atoms with Crippen molar-refractivity contribution in [3.63, 3.8) is 0 Å². The van der Waals surface area contributed by atoms with Gasteiger partial charge >= 0.3 is 5.97 Å². The van der Waals surface area contributed by atoms with Crippen LogP contribution in [-0.2, 0) is 10.2 Å². The van der Waals surface area contributed by atoms with E-state index >= 15 is 0 Å². The predicted octanol–water partition coefficient (Wildman–Crippen LogP) is 3.31. The summed E-state index contributed by atoms with van der Waals surface area (Å²) in [7, 11) is 0. The van der Waals surface area contributed by atoms with Crippen LogP contribution >= 0.6 is 0 Å². The third-order valence-electron chi connectivity index (χ3n) is 4.79. The molecule has 2 aromatic carbocycles. The molecule has 1 aliphatic heterocycles. The first-order chi connectivity index (χ1) is 11.1. The minimum absolute atomic E-state index is 0.0209. The molecule has 1 spiro atoms. The molecule has 5 heteroatoms. The van der Waals surface area contributed by atoms with E-state index in [2.05, 4.69) is 10.2 Å². The summed E-state index contributed by atoms with van der Waals surface area (Å²) in [6.45, 7) is 7.00. The average molecular weight is 304 g/mol. The van der Waals surface area contributed by atoms with Gasteiger partial charge in [-0.1, -0.05) is 24.3 Å². The second-order valence-corrected chi connectivity index (χ2v) is 5.95. The minimum Gasteiger partial charge on any atom is -0.478 e. The zero-order chi connectivity index (χ0) is 16.2. The molecule has 1 heterocycles. The molecule has 0 unspecified atom stereocenters. The van der Waals surface area contributed by atoms with Crippen molar-refractivity contribution in [2.45, 2.75) is 17.8 Å². The second-order valence-electron chi connectivity index (χ2n) is 5.95. The van der Waals surface area contributed by atoms with Crippen LogP contribution in [0.5, 0.6) is 0 Å². The smallest absolute Gasteiger partial charge is 0.335 e. The van der Waals surface area contributed by atoms with Gasteiger partial charge in [-0.15, -0.1) is 0 Å². The van der Waals surface area contributed by atoms with Gasteiger partial charge in [-0.05, 0) is 35.7 Å². The molecule has 5 nitrogen and oxygen atoms in total. The normalized spacial score (nSPS) is 24.0. The summed E-state index contributed by atoms with van der Waals surface area (Å²) in [5, 5.41) is 12.0. The number of anilines is 1. The van der Waals surface area contributed by atoms with Crippen LogP contribution in [0, 0.1) is 6.57 Å². The molecule has 2 aromatic rings. The molecule has 4 rings (SSSR count). The summed E-state index contributed by atoms with van der Waals surface area (Å²) < 4.78 is 0. The summed E-state index contributed by atoms with van der Waals surface area (Å²) in [6, 6.07) is 12.0. The highest BCUT2D eigenvalue weighted by atomic mass is 16.4. The fourth-order valence-electron chi connectivity index (χ4n) is 3.51. The van der Waals surface area contributed by atoms with Gasteiger partial charge in [0, 0.05) is 11.6 Å². The van der Waals surface area contributed by atoms with E-state index in [1.165, 1.54) is 6.07 Å². The molecule has 1 saturated carbocycles. The zero-order valence-electron chi connectivity index (χ0n) is 12.0. The Morgan fingerprint density at radius 3 is 2.65 bits per heavy atom. The summed E-state index contributed by atoms with van der Waals surface area (Å²) >= 11 is 0. The van der Waals surface area contributed by atoms with E-state index in [1.54, 1.807) is 24.3 Å². The quantitative estimate of drug-likeness (QED) is 0.836. The monoisotopic (exact) mass is 304 g/mol. The molecule has 2 aliphatic rings. The topological polar surface area (TPSA) is 70.8 Å². The molecule has 2 N–H and O–H groups in total. The highest BCUT2D eigenvalue weighted by Gasteiger charge is 2.65. The second kappa shape index (κ2) is 4.43. The van der Waals surface area contributed by atoms with E-state index in [-0.39, 0.29) is 17.4 Å². The number of fused-ring (bicyclic) bond motifs is 2. The Hall–Kier alpha value is -3.13. The third-order valence-corrected chi connectivity index (χ3v) is 4.79. The van der Waals surface area contributed by atoms with E-state index < -0.39 is 11.4 Å². The number of rotatable bonds is 2. The lowest BCUT2D eigenvalue weighted by Gasteiger charge is -2.09. The van der Waals surface area contributed by atoms with Gasteiger partial charge < -0.3 is 10.4 Å². The van der Waals surface area contributed by atoms with Crippen molar-refractivity contribution in [1.82, 2.24) is 0 Å². The van der Waals surface area contributed by atoms with E-state index in [0.29, 0.717) is 17.8 Å². The van der Waals surface area contributed by atoms with Crippen molar-refractivity contribution < 1.29 is 14.7 Å². The van der Waals surface area contributed by atoms with Gasteiger partial charge in [0.25, 0.3) is 0 Å². The first-order valence-electron chi connectivity index (χ1n) is 7.23. The minimum atomic E-state index is -0.999. The van der Waals surface area contributed by atoms with Crippen LogP contribution < -0.4 is 5.32 Å². The molecule has 0 bridgehead atoms. The molecule has 2 atom stereocenters. The molecule has 1 fully saturated rings. The van der Waals surface area contributed by atoms with Crippen molar-refractivity contribution in [2.75, 3.05) is 5.32 Å². The summed E-state index contributed by atoms with van der Waals surface area (Å²) in [5.74, 6) is -1.05. The summed E-state index contributed by atoms with van der Waals surface area (Å²) in [5.41, 5.74) is 2.55. The third kappa shape index (κ3) is 1.78. The van der Waals surface area contributed by atoms with Crippen LogP contribution in [0.2, 0.25) is 0 Å². The highest BCUT2D eigenvalue weighted by molar-refractivity contribution is 6.10. The van der Waals surface area contributed by atoms with Crippen molar-refractivity contribution >= 4 is 23.3 Å². The van der Waals surface area contributed by atoms with E-state index in [0.717, 1.165) is 11.1 Å². The lowest BCUT2D eigenvalue weighted by atomic mass is 9.91. The number of amides is 1. The number of carbonyl (C=O) groups is 2. The van der Waals surface area contributed by atoms with Crippen LogP contribution in [0.15, 0.2) is 42.5 Å². The first kappa shape index (κ1) is 13.5. The van der Waals surface area contributed by atoms with Gasteiger partial charge in [0.15, 0.2) is 5.69 Å². The molecule has 1 amide bonds. The van der Waals surface area contributed by atoms with Crippen LogP contribution in [0.1, 0.15) is 33.8 Å². The number of carbonyl (C=O) groups excluding carboxylic acids is 1. The standard InChI is InChI=1S/C18H12N2O3/c1-19-12-5-2-10(3-6-12)14-9-18(14)13-8-11(16(21)22)4-7-15(13)20-17(18)23/h2-8,14H,9H2,(H,20,23)(H,21,22)/t14-,18-/m0/s1. The maximum Gasteiger partial charge on any atom is 0.335 e. The lowest BCUT2D eigenvalue weighted by Crippen LogP contribution is -2.21. The maximum absolute atomic E-state index is 12.5. The highest BCUT2D eigenvalue weighted by Crippen LogP contribution is 2.65. The molecular weight excluding hydrogens is 292 g/mol. The Kier molecular flexibility index (Phi) is 2.61. The van der Waals surface area contributed by atoms with Gasteiger partial charge in [-0.25, -0.2) is 9.64 Å². The number of hydrogen-bond donors (Lipinski definition) is 2. The van der Waals surface area contributed by atoms with Gasteiger partial charge in [-0.2, -0.15) is 0 Å². The predicted molar refractivity (Wildman–Crippen MR) is 83.8 cm³/mol. The fraction of sp³-hybridized carbons (Fsp3) is 0.167. The Morgan fingerprint density at radius 2 is 2.00 bits per heavy atom. The zero-order valence-corrected chi connectivity index (χ0v) is 12.0. The Bertz CT molecular complexity index is 895. The maximum atomic E-state index is 12.5. The number of benzene rings is 2. The molecule has 1 aliphatic carbocycles. The van der Waals surface area contributed by atoms with Gasteiger partial charge in [0.1, 0.15) is 0 Å². The number of aromatic carboxylic acids is 1. The Labute approximate surface area is 132 Å². The molecule has 23 heavy (non-hydrogen) atoms. The summed E-state index contributed by atoms with van der Waals surface area (Å²) in [4.78, 5) is 27.1. The molecular formula is C18H12N2O3. The van der Waals surface area contributed by atoms with Crippen LogP contribution in [0.4, 0.5) is 11.4 Å². The van der Waals surface area contributed by atoms with E-state index in [4.69, 9.17) is 6.57 Å². The van der Waals surface area contributed by atoms with Crippen molar-refractivity contribution in [1.29, 1.82) is 0 Å². The number of hydrogen-bond acceptors (Lipinski definition) is 2. The van der Waals surface area contributed by atoms with Crippen molar-refractivity contribution in [3.05, 3.63) is 70.6 Å². The summed E-state index contributed by atoms with van der Waals surface area (Å²) in [6.07, 6.45) is 0.659. The van der Waals surface area contributed by atoms with Crippen LogP contribution in [-0.4, -0.2) is 17.0 Å².